The van der Waals surface area contributed by atoms with Crippen LogP contribution in [0, 0.1) is 0 Å². The minimum Gasteiger partial charge on any atom is -0.507 e. The summed E-state index contributed by atoms with van der Waals surface area (Å²) in [6.45, 7) is 57.5. The molecule has 0 saturated heterocycles. The minimum absolute atomic E-state index is 0.225. The molecule has 12 rings (SSSR count). The third-order valence-electron chi connectivity index (χ3n) is 24.5. The van der Waals surface area contributed by atoms with Crippen molar-refractivity contribution in [2.45, 2.75) is 274 Å². The van der Waals surface area contributed by atoms with Gasteiger partial charge in [0.15, 0.2) is 0 Å². The number of hydrogen-bond acceptors (Lipinski definition) is 12. The quantitative estimate of drug-likeness (QED) is 0.0451. The molecule has 0 spiro atoms. The summed E-state index contributed by atoms with van der Waals surface area (Å²) in [5, 5.41) is 51.7. The molecule has 124 heavy (non-hydrogen) atoms. The van der Waals surface area contributed by atoms with Gasteiger partial charge in [0.05, 0.1) is 52.9 Å². The third kappa shape index (κ3) is 23.6. The number of rotatable bonds is 23. The second-order valence-corrected chi connectivity index (χ2v) is 43.2. The zero-order chi connectivity index (χ0) is 89.8. The van der Waals surface area contributed by atoms with E-state index in [1.807, 2.05) is 36.4 Å². The highest BCUT2D eigenvalue weighted by atomic mass is 16.6. The fourth-order valence-corrected chi connectivity index (χ4v) is 16.7. The highest BCUT2D eigenvalue weighted by Crippen LogP contribution is 2.48. The molecule has 662 valence electrons. The van der Waals surface area contributed by atoms with E-state index in [1.54, 1.807) is 0 Å². The number of aromatic hydroxyl groups is 4. The maximum atomic E-state index is 12.9. The van der Waals surface area contributed by atoms with Crippen LogP contribution in [0.4, 0.5) is 0 Å². The Bertz CT molecular complexity index is 4820. The van der Waals surface area contributed by atoms with Gasteiger partial charge in [-0.2, -0.15) is 0 Å². The third-order valence-corrected chi connectivity index (χ3v) is 24.5. The molecular weight excluding hydrogens is 1540 g/mol. The van der Waals surface area contributed by atoms with E-state index in [-0.39, 0.29) is 79.5 Å². The lowest BCUT2D eigenvalue weighted by atomic mass is 9.79. The fourth-order valence-electron chi connectivity index (χ4n) is 16.7. The van der Waals surface area contributed by atoms with Gasteiger partial charge in [-0.15, -0.1) is 0 Å². The maximum Gasteiger partial charge on any atom is 0.126 e. The van der Waals surface area contributed by atoms with Gasteiger partial charge in [-0.05, 0) is 188 Å². The largest absolute Gasteiger partial charge is 0.507 e. The molecule has 0 unspecified atom stereocenters. The van der Waals surface area contributed by atoms with Crippen molar-refractivity contribution in [3.8, 4) is 46.0 Å². The van der Waals surface area contributed by atoms with Crippen LogP contribution in [0.25, 0.3) is 0 Å². The molecule has 2 aliphatic rings. The highest BCUT2D eigenvalue weighted by Gasteiger charge is 2.33. The standard InChI is InChI=1S/C112H142O12/c1-105(2,3)89-53-73-45-81-61-93(109(13,14)15)62-82(46-74-54-90(106(4,5)6)58-78(98(74)114)50-86-66-95(111(19,20)21)65-85(49-77(57-89)97(73)113)103(86)123-69-71-31-27-25-28-32-71)101(81)121-43-41-119-39-37-117-35-36-118-38-40-120-42-44-122-102-83-47-75-55-91(107(7,8)9)59-79(99(75)115)51-87-67-96(112(22,23)24)68-88(104(87)124-70-72-33-29-26-30-34-72)52-80-60-92(108(10,11)12)56-76(100(80)116)48-84(102)64-94(63-83)110(16,17)18/h25-34,53-68,113-116H,35-52,69-70H2,1-24H3. The number of fused-ring (bicyclic) bond motifs is 16. The summed E-state index contributed by atoms with van der Waals surface area (Å²) in [7, 11) is 0. The lowest BCUT2D eigenvalue weighted by Gasteiger charge is -2.28. The van der Waals surface area contributed by atoms with Crippen molar-refractivity contribution in [2.75, 3.05) is 66.1 Å². The van der Waals surface area contributed by atoms with E-state index in [0.717, 1.165) is 168 Å². The molecule has 16 bridgehead atoms. The summed E-state index contributed by atoms with van der Waals surface area (Å²) < 4.78 is 52.8. The van der Waals surface area contributed by atoms with Crippen molar-refractivity contribution in [1.29, 1.82) is 0 Å². The zero-order valence-corrected chi connectivity index (χ0v) is 79.2. The van der Waals surface area contributed by atoms with Crippen LogP contribution in [0.3, 0.4) is 0 Å². The Kier molecular flexibility index (Phi) is 28.6. The first-order valence-corrected chi connectivity index (χ1v) is 45.1. The topological polar surface area (TPSA) is 155 Å². The predicted octanol–water partition coefficient (Wildman–Crippen LogP) is 24.9. The average molecular weight is 1680 g/mol. The van der Waals surface area contributed by atoms with Gasteiger partial charge in [-0.25, -0.2) is 0 Å². The van der Waals surface area contributed by atoms with E-state index in [4.69, 9.17) is 37.9 Å². The van der Waals surface area contributed by atoms with Gasteiger partial charge in [0.2, 0.25) is 0 Å². The van der Waals surface area contributed by atoms with Gasteiger partial charge in [0.1, 0.15) is 72.4 Å². The second-order valence-electron chi connectivity index (χ2n) is 43.2. The first kappa shape index (κ1) is 93.6. The molecule has 2 aliphatic carbocycles. The van der Waals surface area contributed by atoms with Crippen molar-refractivity contribution < 1.29 is 58.3 Å². The van der Waals surface area contributed by atoms with Crippen molar-refractivity contribution in [1.82, 2.24) is 0 Å². The monoisotopic (exact) mass is 1680 g/mol. The second kappa shape index (κ2) is 37.9. The summed E-state index contributed by atoms with van der Waals surface area (Å²) in [6, 6.07) is 56.1. The van der Waals surface area contributed by atoms with Gasteiger partial charge in [-0.3, -0.25) is 0 Å². The Balaban J connectivity index is 0.730. The molecule has 0 radical (unpaired) electrons. The summed E-state index contributed by atoms with van der Waals surface area (Å²) >= 11 is 0. The maximum absolute atomic E-state index is 12.9. The van der Waals surface area contributed by atoms with Gasteiger partial charge < -0.3 is 58.3 Å². The van der Waals surface area contributed by atoms with Crippen molar-refractivity contribution in [2.24, 2.45) is 0 Å². The molecular formula is C112H142O12. The molecule has 12 heteroatoms. The Hall–Kier alpha value is -9.56. The normalized spacial score (nSPS) is 13.7. The van der Waals surface area contributed by atoms with E-state index in [2.05, 4.69) is 287 Å². The van der Waals surface area contributed by atoms with Crippen LogP contribution in [0.2, 0.25) is 0 Å². The molecule has 10 aromatic rings. The number of ether oxygens (including phenoxy) is 8. The van der Waals surface area contributed by atoms with Crippen molar-refractivity contribution in [3.05, 3.63) is 302 Å². The number of benzene rings is 10. The van der Waals surface area contributed by atoms with Crippen LogP contribution in [0.15, 0.2) is 158 Å². The molecule has 0 heterocycles. The first-order chi connectivity index (χ1) is 58.1. The first-order valence-electron chi connectivity index (χ1n) is 45.1. The number of phenols is 4. The van der Waals surface area contributed by atoms with E-state index >= 15 is 0 Å². The predicted molar refractivity (Wildman–Crippen MR) is 506 cm³/mol. The number of hydrogen-bond donors (Lipinski definition) is 4. The van der Waals surface area contributed by atoms with Crippen LogP contribution < -0.4 is 18.9 Å². The van der Waals surface area contributed by atoms with Crippen LogP contribution in [0.1, 0.15) is 311 Å². The Morgan fingerprint density at radius 3 is 0.500 bits per heavy atom. The molecule has 0 fully saturated rings. The molecule has 12 nitrogen and oxygen atoms in total. The average Bonchev–Trinajstić information content (AvgIpc) is 0.764. The lowest BCUT2D eigenvalue weighted by Crippen LogP contribution is -2.18. The summed E-state index contributed by atoms with van der Waals surface area (Å²) in [6.07, 6.45) is 3.22. The molecule has 4 N–H and O–H groups in total. The van der Waals surface area contributed by atoms with Crippen LogP contribution >= 0.6 is 0 Å². The minimum atomic E-state index is -0.257. The van der Waals surface area contributed by atoms with Crippen molar-refractivity contribution in [3.63, 3.8) is 0 Å². The van der Waals surface area contributed by atoms with Crippen LogP contribution in [-0.2, 0) is 127 Å². The van der Waals surface area contributed by atoms with Gasteiger partial charge in [0.25, 0.3) is 0 Å². The van der Waals surface area contributed by atoms with E-state index in [9.17, 15) is 20.4 Å². The Labute approximate surface area is 742 Å². The van der Waals surface area contributed by atoms with Gasteiger partial charge in [-0.1, -0.05) is 324 Å². The molecule has 0 aromatic heterocycles. The van der Waals surface area contributed by atoms with Crippen molar-refractivity contribution >= 4 is 0 Å². The fraction of sp³-hybridized carbons (Fsp3) is 0.464. The Morgan fingerprint density at radius 2 is 0.339 bits per heavy atom. The van der Waals surface area contributed by atoms with E-state index in [1.165, 1.54) is 0 Å². The summed E-state index contributed by atoms with van der Waals surface area (Å²) in [5.41, 5.74) is 23.4. The number of phenolic OH excluding ortho intramolecular Hbond substituents is 4. The summed E-state index contributed by atoms with van der Waals surface area (Å²) in [5.74, 6) is 4.00. The van der Waals surface area contributed by atoms with Gasteiger partial charge >= 0.3 is 0 Å². The molecule has 0 atom stereocenters. The van der Waals surface area contributed by atoms with Gasteiger partial charge in [0, 0.05) is 51.4 Å². The van der Waals surface area contributed by atoms with E-state index in [0.29, 0.717) is 117 Å². The summed E-state index contributed by atoms with van der Waals surface area (Å²) in [4.78, 5) is 0. The van der Waals surface area contributed by atoms with E-state index < -0.39 is 0 Å². The molecule has 0 saturated carbocycles. The Morgan fingerprint density at radius 1 is 0.194 bits per heavy atom. The molecule has 0 amide bonds. The molecule has 10 aromatic carbocycles. The zero-order valence-electron chi connectivity index (χ0n) is 79.2. The highest BCUT2D eigenvalue weighted by molar-refractivity contribution is 5.63. The lowest BCUT2D eigenvalue weighted by molar-refractivity contribution is -0.00706. The SMILES string of the molecule is CC(C)(C)c1cc2c(O)c(c1)Cc1cc(C(C)(C)C)cc(c1OCc1ccccc1)Cc1cc(C(C)(C)C)cc(c1O)Cc1cc(C(C)(C)C)cc(c1OCCOCCOCCOCCOCCOc1c3cc(C(C)(C)C)cc1Cc1cc(C(C)(C)C)cc(c1O)Cc1cc(C(C)(C)C)cc(c1OCc1ccccc1)Cc1cc(C(C)(C)C)cc(c1O)C3)C2. The van der Waals surface area contributed by atoms with Crippen LogP contribution in [-0.4, -0.2) is 86.5 Å². The molecule has 0 aliphatic heterocycles. The smallest absolute Gasteiger partial charge is 0.126 e. The van der Waals surface area contributed by atoms with Crippen LogP contribution in [0.5, 0.6) is 46.0 Å².